The molecular formula is C50H53F2N9O6S. The molecule has 3 aromatic carbocycles. The summed E-state index contributed by atoms with van der Waals surface area (Å²) in [4.78, 5) is 47.5. The molecule has 7 aromatic rings. The van der Waals surface area contributed by atoms with E-state index >= 15 is 13.6 Å². The van der Waals surface area contributed by atoms with E-state index in [2.05, 4.69) is 42.2 Å². The molecule has 2 saturated carbocycles. The number of aromatic nitrogens is 7. The van der Waals surface area contributed by atoms with Gasteiger partial charge in [0.2, 0.25) is 0 Å². The highest BCUT2D eigenvalue weighted by molar-refractivity contribution is 7.93. The average Bonchev–Trinajstić information content (AvgIpc) is 4.03. The number of amides is 1. The van der Waals surface area contributed by atoms with Crippen LogP contribution in [0.5, 0.6) is 0 Å². The van der Waals surface area contributed by atoms with E-state index in [0.29, 0.717) is 83.3 Å². The summed E-state index contributed by atoms with van der Waals surface area (Å²) in [5.74, 6) is -1.28. The molecule has 6 heterocycles. The zero-order valence-corrected chi connectivity index (χ0v) is 39.8. The number of aryl methyl sites for hydroxylation is 3. The Hall–Kier alpha value is -6.40. The topological polar surface area (TPSA) is 179 Å². The standard InChI is InChI=1S/C50H53F2N9O6S/c1-26-20-39(36(51)23-41(26)68(53,65)35-9-10-35)58-15-16-59(48(58)64)44-42-30(5)57(14-12-37(42)55-61(44)34-18-27(2)43(52)28(3)19-34)45(62)40-22-33-21-31(32-13-17-66-49(6,7)25-32)8-11-38(33)60(40)50(24-29(50)4)46-54-47(63)67-56-46/h8,11,15-16,18-23,29-30,32,35,53H,9-10,12-14,17,24-25H2,1-7H3,(H,54,56,63)/t29-,30-,32-,50-,68?/m0/s1. The van der Waals surface area contributed by atoms with E-state index in [-0.39, 0.29) is 51.5 Å². The van der Waals surface area contributed by atoms with Gasteiger partial charge in [-0.1, -0.05) is 18.1 Å². The van der Waals surface area contributed by atoms with Crippen molar-refractivity contribution >= 4 is 26.5 Å². The zero-order valence-electron chi connectivity index (χ0n) is 39.0. The summed E-state index contributed by atoms with van der Waals surface area (Å²) < 4.78 is 70.5. The van der Waals surface area contributed by atoms with Gasteiger partial charge in [-0.2, -0.15) is 5.10 Å². The predicted octanol–water partition coefficient (Wildman–Crippen LogP) is 8.43. The first-order chi connectivity index (χ1) is 32.3. The highest BCUT2D eigenvalue weighted by Gasteiger charge is 2.59. The van der Waals surface area contributed by atoms with Gasteiger partial charge in [0.05, 0.1) is 43.3 Å². The van der Waals surface area contributed by atoms with E-state index in [1.807, 2.05) is 24.5 Å². The van der Waals surface area contributed by atoms with Gasteiger partial charge in [-0.15, -0.1) is 0 Å². The largest absolute Gasteiger partial charge is 0.438 e. The van der Waals surface area contributed by atoms with Crippen LogP contribution in [0.3, 0.4) is 0 Å². The lowest BCUT2D eigenvalue weighted by Crippen LogP contribution is -2.41. The SMILES string of the molecule is Cc1cc(-n2ccn(-c3c4c(nn3-c3cc(C)c(F)c(C)c3)CCN(C(=O)c3cc5cc([C@H]6CCOC(C)(C)C6)ccc5n3[C@@]3(c5noc(=O)[nH]5)C[C@@H]3C)[C@H]4C)c2=O)c(F)cc1S(=N)(=O)C1CC1. The molecule has 68 heavy (non-hydrogen) atoms. The Bertz CT molecular complexity index is 3480. The number of hydrogen-bond acceptors (Lipinski definition) is 9. The molecule has 4 aliphatic rings. The molecular weight excluding hydrogens is 893 g/mol. The van der Waals surface area contributed by atoms with Gasteiger partial charge in [-0.3, -0.25) is 23.4 Å². The lowest BCUT2D eigenvalue weighted by atomic mass is 9.83. The van der Waals surface area contributed by atoms with Crippen LogP contribution in [0.1, 0.15) is 122 Å². The Morgan fingerprint density at radius 3 is 2.32 bits per heavy atom. The Kier molecular flexibility index (Phi) is 9.93. The third kappa shape index (κ3) is 6.79. The molecule has 4 aromatic heterocycles. The lowest BCUT2D eigenvalue weighted by molar-refractivity contribution is -0.0592. The minimum absolute atomic E-state index is 0.0192. The second-order valence-corrected chi connectivity index (χ2v) is 22.4. The highest BCUT2D eigenvalue weighted by atomic mass is 32.2. The lowest BCUT2D eigenvalue weighted by Gasteiger charge is -2.35. The smallest absolute Gasteiger partial charge is 0.376 e. The van der Waals surface area contributed by atoms with E-state index < -0.39 is 38.6 Å². The van der Waals surface area contributed by atoms with E-state index in [4.69, 9.17) is 19.1 Å². The quantitative estimate of drug-likeness (QED) is 0.145. The fraction of sp³-hybridized carbons (Fsp3) is 0.420. The second-order valence-electron chi connectivity index (χ2n) is 20.1. The third-order valence-electron chi connectivity index (χ3n) is 14.9. The molecule has 0 spiro atoms. The van der Waals surface area contributed by atoms with E-state index in [1.165, 1.54) is 23.0 Å². The number of imidazole rings is 1. The number of aromatic amines is 1. The number of benzene rings is 3. The van der Waals surface area contributed by atoms with Crippen LogP contribution in [0, 0.1) is 43.1 Å². The van der Waals surface area contributed by atoms with Crippen LogP contribution in [0.2, 0.25) is 0 Å². The van der Waals surface area contributed by atoms with Crippen molar-refractivity contribution in [3.8, 4) is 17.2 Å². The minimum atomic E-state index is -3.23. The summed E-state index contributed by atoms with van der Waals surface area (Å²) in [7, 11) is -3.23. The van der Waals surface area contributed by atoms with Crippen molar-refractivity contribution in [2.24, 2.45) is 5.92 Å². The summed E-state index contributed by atoms with van der Waals surface area (Å²) >= 11 is 0. The van der Waals surface area contributed by atoms with Crippen LogP contribution < -0.4 is 11.4 Å². The monoisotopic (exact) mass is 945 g/mol. The number of halogens is 2. The number of rotatable bonds is 9. The number of nitrogens with zero attached hydrogens (tertiary/aromatic N) is 7. The first-order valence-electron chi connectivity index (χ1n) is 23.2. The Labute approximate surface area is 390 Å². The van der Waals surface area contributed by atoms with Gasteiger partial charge in [-0.25, -0.2) is 32.0 Å². The molecule has 3 fully saturated rings. The molecule has 1 saturated heterocycles. The van der Waals surface area contributed by atoms with Gasteiger partial charge < -0.3 is 14.2 Å². The molecule has 0 radical (unpaired) electrons. The number of carbonyl (C=O) groups is 1. The number of carbonyl (C=O) groups excluding carboxylic acids is 1. The van der Waals surface area contributed by atoms with Gasteiger partial charge >= 0.3 is 11.4 Å². The average molecular weight is 946 g/mol. The Morgan fingerprint density at radius 2 is 1.66 bits per heavy atom. The molecule has 0 bridgehead atoms. The Balaban J connectivity index is 1.05. The Morgan fingerprint density at radius 1 is 0.941 bits per heavy atom. The first-order valence-corrected chi connectivity index (χ1v) is 24.9. The molecule has 15 nitrogen and oxygen atoms in total. The zero-order chi connectivity index (χ0) is 47.9. The molecule has 1 unspecified atom stereocenters. The maximum absolute atomic E-state index is 16.1. The fourth-order valence-corrected chi connectivity index (χ4v) is 13.1. The van der Waals surface area contributed by atoms with Crippen molar-refractivity contribution < 1.29 is 27.0 Å². The maximum Gasteiger partial charge on any atom is 0.438 e. The predicted molar refractivity (Wildman–Crippen MR) is 250 cm³/mol. The molecule has 5 atom stereocenters. The summed E-state index contributed by atoms with van der Waals surface area (Å²) in [6, 6.07) is 13.4. The number of H-pyrrole nitrogens is 1. The van der Waals surface area contributed by atoms with Crippen LogP contribution >= 0.6 is 0 Å². The highest BCUT2D eigenvalue weighted by Crippen LogP contribution is 2.56. The van der Waals surface area contributed by atoms with Crippen LogP contribution in [0.25, 0.3) is 28.1 Å². The summed E-state index contributed by atoms with van der Waals surface area (Å²) in [6.07, 6.45) is 6.85. The van der Waals surface area contributed by atoms with Crippen molar-refractivity contribution in [1.82, 2.24) is 38.5 Å². The van der Waals surface area contributed by atoms with Crippen LogP contribution in [-0.2, 0) is 26.4 Å². The third-order valence-corrected chi connectivity index (χ3v) is 17.4. The van der Waals surface area contributed by atoms with Crippen LogP contribution in [0.15, 0.2) is 79.9 Å². The first kappa shape index (κ1) is 44.1. The van der Waals surface area contributed by atoms with Crippen LogP contribution in [0.4, 0.5) is 8.78 Å². The summed E-state index contributed by atoms with van der Waals surface area (Å²) in [5, 5.41) is 9.77. The number of nitrogens with one attached hydrogen (secondary N) is 2. The van der Waals surface area contributed by atoms with Gasteiger partial charge in [0.15, 0.2) is 5.82 Å². The van der Waals surface area contributed by atoms with Gasteiger partial charge in [-0.05, 0) is 150 Å². The van der Waals surface area contributed by atoms with E-state index in [9.17, 15) is 13.8 Å². The molecule has 2 aliphatic heterocycles. The molecule has 2 aliphatic carbocycles. The van der Waals surface area contributed by atoms with Crippen molar-refractivity contribution in [3.05, 3.63) is 139 Å². The summed E-state index contributed by atoms with van der Waals surface area (Å²) in [6.45, 7) is 14.0. The maximum atomic E-state index is 16.1. The van der Waals surface area contributed by atoms with Crippen molar-refractivity contribution in [2.45, 2.75) is 120 Å². The molecule has 2 N–H and O–H groups in total. The van der Waals surface area contributed by atoms with E-state index in [0.717, 1.165) is 39.9 Å². The molecule has 1 amide bonds. The van der Waals surface area contributed by atoms with E-state index in [1.54, 1.807) is 42.5 Å². The second kappa shape index (κ2) is 15.3. The molecule has 11 rings (SSSR count). The molecule has 354 valence electrons. The molecule has 18 heteroatoms. The van der Waals surface area contributed by atoms with Gasteiger partial charge in [0.1, 0.15) is 28.7 Å². The fourth-order valence-electron chi connectivity index (χ4n) is 11.2. The minimum Gasteiger partial charge on any atom is -0.376 e. The normalized spacial score (nSPS) is 23.2. The number of ether oxygens (including phenoxy) is 1. The number of fused-ring (bicyclic) bond motifs is 2. The van der Waals surface area contributed by atoms with Crippen molar-refractivity contribution in [3.63, 3.8) is 0 Å². The van der Waals surface area contributed by atoms with Crippen LogP contribution in [-0.4, -0.2) is 72.6 Å². The van der Waals surface area contributed by atoms with Gasteiger partial charge in [0.25, 0.3) is 5.91 Å². The van der Waals surface area contributed by atoms with Crippen molar-refractivity contribution in [1.29, 1.82) is 4.78 Å². The van der Waals surface area contributed by atoms with Gasteiger partial charge in [0, 0.05) is 53.7 Å². The summed E-state index contributed by atoms with van der Waals surface area (Å²) in [5.41, 5.74) is 3.35. The number of hydrogen-bond donors (Lipinski definition) is 2. The van der Waals surface area contributed by atoms with Crippen molar-refractivity contribution in [2.75, 3.05) is 13.2 Å².